The number of phosphoric acid groups is 1. The summed E-state index contributed by atoms with van der Waals surface area (Å²) in [7, 11) is -4.27. The summed E-state index contributed by atoms with van der Waals surface area (Å²) in [5.41, 5.74) is -2.23. The first-order chi connectivity index (χ1) is 5.91. The Hall–Kier alpha value is 1.56. The molecule has 4 nitrogen and oxygen atoms in total. The standard InChI is InChI=1S/C4H7Cl4O4P.ClH/c5-1-3(7)11-13(9,10)12-4(8)2-6;/h3-4H,1-2H2,(H,9,10);1H. The first-order valence-electron chi connectivity index (χ1n) is 3.01. The van der Waals surface area contributed by atoms with Gasteiger partial charge in [-0.2, -0.15) is 0 Å². The molecule has 0 aromatic carbocycles. The summed E-state index contributed by atoms with van der Waals surface area (Å²) in [6.07, 6.45) is 0. The van der Waals surface area contributed by atoms with Crippen LogP contribution in [0.4, 0.5) is 0 Å². The zero-order valence-electron chi connectivity index (χ0n) is 6.61. The minimum Gasteiger partial charge on any atom is -0.302 e. The van der Waals surface area contributed by atoms with Crippen LogP contribution < -0.4 is 0 Å². The molecule has 0 aromatic rings. The van der Waals surface area contributed by atoms with Crippen LogP contribution in [0.25, 0.3) is 0 Å². The molecule has 0 heterocycles. The number of hydrogen-bond acceptors (Lipinski definition) is 3. The minimum absolute atomic E-state index is 0. The third-order valence-electron chi connectivity index (χ3n) is 0.738. The maximum absolute atomic E-state index is 11.0. The van der Waals surface area contributed by atoms with E-state index in [0.717, 1.165) is 0 Å². The zero-order chi connectivity index (χ0) is 10.5. The van der Waals surface area contributed by atoms with Crippen LogP contribution in [0.1, 0.15) is 0 Å². The Labute approximate surface area is 108 Å². The van der Waals surface area contributed by atoms with Crippen molar-refractivity contribution in [3.63, 3.8) is 0 Å². The summed E-state index contributed by atoms with van der Waals surface area (Å²) >= 11 is 21.1. The largest absolute Gasteiger partial charge is 0.475 e. The van der Waals surface area contributed by atoms with E-state index in [1.54, 1.807) is 0 Å². The summed E-state index contributed by atoms with van der Waals surface area (Å²) < 4.78 is 19.7. The number of hydrogen-bond donors (Lipinski definition) is 1. The maximum atomic E-state index is 11.0. The van der Waals surface area contributed by atoms with Gasteiger partial charge in [-0.25, -0.2) is 4.57 Å². The van der Waals surface area contributed by atoms with Gasteiger partial charge in [0.2, 0.25) is 0 Å². The summed E-state index contributed by atoms with van der Waals surface area (Å²) in [4.78, 5) is 8.94. The monoisotopic (exact) mass is 326 g/mol. The molecular formula is C4H8Cl5O4P. The van der Waals surface area contributed by atoms with E-state index in [1.807, 2.05) is 0 Å². The Balaban J connectivity index is 0. The molecule has 0 fully saturated rings. The van der Waals surface area contributed by atoms with Crippen molar-refractivity contribution >= 4 is 66.6 Å². The Morgan fingerprint density at radius 2 is 1.43 bits per heavy atom. The second-order valence-corrected chi connectivity index (χ2v) is 4.76. The van der Waals surface area contributed by atoms with Crippen molar-refractivity contribution in [1.82, 2.24) is 0 Å². The smallest absolute Gasteiger partial charge is 0.302 e. The van der Waals surface area contributed by atoms with Gasteiger partial charge in [0.15, 0.2) is 11.1 Å². The van der Waals surface area contributed by atoms with Crippen molar-refractivity contribution in [1.29, 1.82) is 0 Å². The topological polar surface area (TPSA) is 55.8 Å². The third-order valence-corrected chi connectivity index (χ3v) is 3.39. The van der Waals surface area contributed by atoms with E-state index in [2.05, 4.69) is 9.05 Å². The van der Waals surface area contributed by atoms with Crippen LogP contribution in [0.3, 0.4) is 0 Å². The molecule has 2 atom stereocenters. The first-order valence-corrected chi connectivity index (χ1v) is 6.44. The van der Waals surface area contributed by atoms with E-state index < -0.39 is 18.9 Å². The molecule has 10 heteroatoms. The zero-order valence-corrected chi connectivity index (χ0v) is 11.3. The second kappa shape index (κ2) is 8.68. The van der Waals surface area contributed by atoms with Gasteiger partial charge < -0.3 is 4.89 Å². The summed E-state index contributed by atoms with van der Waals surface area (Å²) in [5.74, 6) is -0.299. The highest BCUT2D eigenvalue weighted by Gasteiger charge is 2.28. The predicted octanol–water partition coefficient (Wildman–Crippen LogP) is 3.15. The molecule has 0 bridgehead atoms. The molecule has 0 aromatic heterocycles. The molecule has 0 spiro atoms. The van der Waals surface area contributed by atoms with Crippen molar-refractivity contribution in [3.05, 3.63) is 0 Å². The Bertz CT molecular complexity index is 177. The number of alkyl halides is 4. The molecule has 1 N–H and O–H groups in total. The molecule has 0 rings (SSSR count). The molecule has 0 radical (unpaired) electrons. The fourth-order valence-electron chi connectivity index (χ4n) is 0.370. The van der Waals surface area contributed by atoms with E-state index in [0.29, 0.717) is 0 Å². The highest BCUT2D eigenvalue weighted by Crippen LogP contribution is 2.47. The molecular weight excluding hydrogens is 320 g/mol. The van der Waals surface area contributed by atoms with E-state index in [9.17, 15) is 4.57 Å². The number of halogens is 5. The average molecular weight is 328 g/mol. The van der Waals surface area contributed by atoms with E-state index in [1.165, 1.54) is 0 Å². The maximum Gasteiger partial charge on any atom is 0.475 e. The lowest BCUT2D eigenvalue weighted by atomic mass is 10.9. The quantitative estimate of drug-likeness (QED) is 0.601. The van der Waals surface area contributed by atoms with Gasteiger partial charge in [-0.1, -0.05) is 23.2 Å². The Morgan fingerprint density at radius 3 is 1.64 bits per heavy atom. The Morgan fingerprint density at radius 1 is 1.14 bits per heavy atom. The van der Waals surface area contributed by atoms with Gasteiger partial charge in [0.05, 0.1) is 11.8 Å². The van der Waals surface area contributed by atoms with Gasteiger partial charge in [0, 0.05) is 0 Å². The average Bonchev–Trinajstić information content (AvgIpc) is 2.02. The lowest BCUT2D eigenvalue weighted by molar-refractivity contribution is 0.138. The van der Waals surface area contributed by atoms with Crippen molar-refractivity contribution in [2.45, 2.75) is 11.1 Å². The van der Waals surface area contributed by atoms with Crippen LogP contribution in [-0.4, -0.2) is 27.8 Å². The van der Waals surface area contributed by atoms with Crippen molar-refractivity contribution < 1.29 is 18.5 Å². The van der Waals surface area contributed by atoms with Crippen molar-refractivity contribution in [3.8, 4) is 0 Å². The predicted molar refractivity (Wildman–Crippen MR) is 60.0 cm³/mol. The lowest BCUT2D eigenvalue weighted by Gasteiger charge is -2.16. The van der Waals surface area contributed by atoms with Gasteiger partial charge in [-0.3, -0.25) is 9.05 Å². The fourth-order valence-corrected chi connectivity index (χ4v) is 2.05. The summed E-state index contributed by atoms with van der Waals surface area (Å²) in [6, 6.07) is 0. The minimum atomic E-state index is -4.27. The van der Waals surface area contributed by atoms with E-state index in [4.69, 9.17) is 51.3 Å². The normalized spacial score (nSPS) is 19.2. The second-order valence-electron chi connectivity index (χ2n) is 1.81. The van der Waals surface area contributed by atoms with Crippen LogP contribution in [0.15, 0.2) is 0 Å². The van der Waals surface area contributed by atoms with E-state index in [-0.39, 0.29) is 24.2 Å². The van der Waals surface area contributed by atoms with Crippen molar-refractivity contribution in [2.24, 2.45) is 0 Å². The molecule has 88 valence electrons. The lowest BCUT2D eigenvalue weighted by Crippen LogP contribution is -2.11. The van der Waals surface area contributed by atoms with Gasteiger partial charge in [0.25, 0.3) is 0 Å². The molecule has 0 aliphatic rings. The van der Waals surface area contributed by atoms with Crippen LogP contribution >= 0.6 is 66.6 Å². The molecule has 0 aliphatic carbocycles. The SMILES string of the molecule is Cl.O=P(O)(OC(Cl)CCl)OC(Cl)CCl. The van der Waals surface area contributed by atoms with Gasteiger partial charge in [-0.15, -0.1) is 35.6 Å². The van der Waals surface area contributed by atoms with Gasteiger partial charge in [0.1, 0.15) is 0 Å². The molecule has 2 unspecified atom stereocenters. The molecule has 0 saturated carbocycles. The highest BCUT2D eigenvalue weighted by molar-refractivity contribution is 7.47. The molecule has 14 heavy (non-hydrogen) atoms. The van der Waals surface area contributed by atoms with Crippen molar-refractivity contribution in [2.75, 3.05) is 11.8 Å². The van der Waals surface area contributed by atoms with E-state index >= 15 is 0 Å². The summed E-state index contributed by atoms with van der Waals surface area (Å²) in [6.45, 7) is 0. The first kappa shape index (κ1) is 17.9. The fraction of sp³-hybridized carbons (Fsp3) is 1.00. The Kier molecular flexibility index (Phi) is 11.1. The highest BCUT2D eigenvalue weighted by atomic mass is 35.5. The van der Waals surface area contributed by atoms with Gasteiger partial charge >= 0.3 is 7.82 Å². The number of rotatable bonds is 6. The molecule has 0 aliphatic heterocycles. The van der Waals surface area contributed by atoms with Crippen LogP contribution in [-0.2, 0) is 13.6 Å². The van der Waals surface area contributed by atoms with Crippen LogP contribution in [0, 0.1) is 0 Å². The summed E-state index contributed by atoms with van der Waals surface area (Å²) in [5, 5.41) is 0. The van der Waals surface area contributed by atoms with Crippen LogP contribution in [0.5, 0.6) is 0 Å². The third kappa shape index (κ3) is 8.84. The number of phosphoric ester groups is 1. The van der Waals surface area contributed by atoms with Gasteiger partial charge in [-0.05, 0) is 0 Å². The molecule has 0 saturated heterocycles. The van der Waals surface area contributed by atoms with Crippen LogP contribution in [0.2, 0.25) is 0 Å². The molecule has 0 amide bonds.